The number of carbonyl (C=O) groups is 2. The van der Waals surface area contributed by atoms with Crippen LogP contribution in [-0.4, -0.2) is 55.5 Å². The van der Waals surface area contributed by atoms with E-state index in [2.05, 4.69) is 5.10 Å². The van der Waals surface area contributed by atoms with Crippen LogP contribution in [0.3, 0.4) is 0 Å². The van der Waals surface area contributed by atoms with Crippen molar-refractivity contribution in [1.29, 1.82) is 0 Å². The van der Waals surface area contributed by atoms with Crippen LogP contribution in [0.2, 0.25) is 0 Å². The standard InChI is InChI=1S/C20H23N3O4/c1-13-5-2-3-7-15(13)23-16-8-4-6-14(16)17(21-23)18(24)22-11-9-20(27,10-12-22)19(25)26/h2-3,5,7,27H,4,6,8-12H2,1H3,(H,25,26). The van der Waals surface area contributed by atoms with Crippen molar-refractivity contribution in [2.75, 3.05) is 13.1 Å². The van der Waals surface area contributed by atoms with Crippen molar-refractivity contribution in [2.45, 2.75) is 44.6 Å². The molecule has 7 nitrogen and oxygen atoms in total. The lowest BCUT2D eigenvalue weighted by molar-refractivity contribution is -0.162. The Morgan fingerprint density at radius 3 is 2.52 bits per heavy atom. The first-order valence-electron chi connectivity index (χ1n) is 9.32. The number of nitrogens with zero attached hydrogens (tertiary/aromatic N) is 3. The molecule has 1 fully saturated rings. The first-order valence-corrected chi connectivity index (χ1v) is 9.32. The Morgan fingerprint density at radius 1 is 1.15 bits per heavy atom. The zero-order chi connectivity index (χ0) is 19.2. The van der Waals surface area contributed by atoms with Crippen molar-refractivity contribution in [3.8, 4) is 5.69 Å². The van der Waals surface area contributed by atoms with Crippen LogP contribution in [0.5, 0.6) is 0 Å². The fourth-order valence-electron chi connectivity index (χ4n) is 4.05. The van der Waals surface area contributed by atoms with Crippen molar-refractivity contribution >= 4 is 11.9 Å². The molecule has 7 heteroatoms. The van der Waals surface area contributed by atoms with Crippen LogP contribution in [-0.2, 0) is 17.6 Å². The van der Waals surface area contributed by atoms with Gasteiger partial charge < -0.3 is 15.1 Å². The van der Waals surface area contributed by atoms with Gasteiger partial charge in [0, 0.05) is 37.2 Å². The van der Waals surface area contributed by atoms with Crippen molar-refractivity contribution in [3.63, 3.8) is 0 Å². The Hall–Kier alpha value is -2.67. The molecule has 2 aliphatic rings. The summed E-state index contributed by atoms with van der Waals surface area (Å²) in [4.78, 5) is 25.9. The van der Waals surface area contributed by atoms with Crippen molar-refractivity contribution in [2.24, 2.45) is 0 Å². The highest BCUT2D eigenvalue weighted by Crippen LogP contribution is 2.31. The van der Waals surface area contributed by atoms with E-state index in [1.807, 2.05) is 35.9 Å². The quantitative estimate of drug-likeness (QED) is 0.859. The fraction of sp³-hybridized carbons (Fsp3) is 0.450. The number of amides is 1. The third kappa shape index (κ3) is 2.92. The average molecular weight is 369 g/mol. The van der Waals surface area contributed by atoms with E-state index in [-0.39, 0.29) is 31.8 Å². The molecule has 1 aromatic carbocycles. The zero-order valence-corrected chi connectivity index (χ0v) is 15.3. The van der Waals surface area contributed by atoms with E-state index < -0.39 is 11.6 Å². The molecule has 1 aromatic heterocycles. The number of carboxylic acids is 1. The highest BCUT2D eigenvalue weighted by atomic mass is 16.4. The lowest BCUT2D eigenvalue weighted by Gasteiger charge is -2.35. The van der Waals surface area contributed by atoms with Gasteiger partial charge in [-0.25, -0.2) is 9.48 Å². The molecule has 0 saturated carbocycles. The summed E-state index contributed by atoms with van der Waals surface area (Å²) in [5.41, 5.74) is 2.89. The number of carbonyl (C=O) groups excluding carboxylic acids is 1. The molecule has 4 rings (SSSR count). The van der Waals surface area contributed by atoms with Crippen molar-refractivity contribution in [3.05, 3.63) is 46.8 Å². The first-order chi connectivity index (χ1) is 12.9. The number of hydrogen-bond acceptors (Lipinski definition) is 4. The molecule has 2 aromatic rings. The molecule has 1 amide bonds. The fourth-order valence-corrected chi connectivity index (χ4v) is 4.05. The van der Waals surface area contributed by atoms with Crippen LogP contribution in [0, 0.1) is 6.92 Å². The Kier molecular flexibility index (Phi) is 4.26. The molecule has 0 atom stereocenters. The maximum absolute atomic E-state index is 13.1. The first kappa shape index (κ1) is 17.7. The lowest BCUT2D eigenvalue weighted by Crippen LogP contribution is -2.51. The summed E-state index contributed by atoms with van der Waals surface area (Å²) in [6, 6.07) is 7.97. The second-order valence-corrected chi connectivity index (χ2v) is 7.45. The molecule has 2 N–H and O–H groups in total. The van der Waals surface area contributed by atoms with E-state index in [9.17, 15) is 14.7 Å². The van der Waals surface area contributed by atoms with Crippen LogP contribution < -0.4 is 0 Å². The normalized spacial score (nSPS) is 18.4. The molecule has 1 saturated heterocycles. The highest BCUT2D eigenvalue weighted by Gasteiger charge is 2.41. The number of piperidine rings is 1. The number of rotatable bonds is 3. The highest BCUT2D eigenvalue weighted by molar-refractivity contribution is 5.94. The lowest BCUT2D eigenvalue weighted by atomic mass is 9.91. The van der Waals surface area contributed by atoms with E-state index in [1.54, 1.807) is 4.90 Å². The molecule has 142 valence electrons. The van der Waals surface area contributed by atoms with Gasteiger partial charge in [-0.1, -0.05) is 18.2 Å². The number of likely N-dealkylation sites (tertiary alicyclic amines) is 1. The molecule has 0 unspecified atom stereocenters. The Bertz CT molecular complexity index is 910. The van der Waals surface area contributed by atoms with Crippen LogP contribution in [0.25, 0.3) is 5.69 Å². The topological polar surface area (TPSA) is 95.7 Å². The SMILES string of the molecule is Cc1ccccc1-n1nc(C(=O)N2CCC(O)(C(=O)O)CC2)c2c1CCC2. The molecule has 1 aliphatic heterocycles. The number of aryl methyl sites for hydroxylation is 1. The molecule has 2 heterocycles. The van der Waals surface area contributed by atoms with Gasteiger partial charge in [0.15, 0.2) is 11.3 Å². The van der Waals surface area contributed by atoms with Gasteiger partial charge in [0.25, 0.3) is 5.91 Å². The second kappa shape index (κ2) is 6.49. The number of aliphatic carboxylic acids is 1. The molecule has 27 heavy (non-hydrogen) atoms. The van der Waals surface area contributed by atoms with E-state index >= 15 is 0 Å². The van der Waals surface area contributed by atoms with Gasteiger partial charge in [-0.15, -0.1) is 0 Å². The third-order valence-corrected chi connectivity index (χ3v) is 5.75. The van der Waals surface area contributed by atoms with Gasteiger partial charge in [-0.2, -0.15) is 5.10 Å². The summed E-state index contributed by atoms with van der Waals surface area (Å²) >= 11 is 0. The average Bonchev–Trinajstić information content (AvgIpc) is 3.25. The Balaban J connectivity index is 1.64. The minimum absolute atomic E-state index is 0.0365. The number of benzene rings is 1. The number of para-hydroxylation sites is 1. The minimum atomic E-state index is -1.74. The summed E-state index contributed by atoms with van der Waals surface area (Å²) in [6.07, 6.45) is 2.79. The third-order valence-electron chi connectivity index (χ3n) is 5.75. The van der Waals surface area contributed by atoms with Crippen LogP contribution in [0.4, 0.5) is 0 Å². The van der Waals surface area contributed by atoms with Gasteiger partial charge in [-0.3, -0.25) is 4.79 Å². The maximum atomic E-state index is 13.1. The summed E-state index contributed by atoms with van der Waals surface area (Å²) in [5.74, 6) is -1.40. The number of aromatic nitrogens is 2. The minimum Gasteiger partial charge on any atom is -0.479 e. The largest absolute Gasteiger partial charge is 0.479 e. The van der Waals surface area contributed by atoms with Crippen molar-refractivity contribution < 1.29 is 19.8 Å². The number of fused-ring (bicyclic) bond motifs is 1. The monoisotopic (exact) mass is 369 g/mol. The van der Waals surface area contributed by atoms with Crippen LogP contribution >= 0.6 is 0 Å². The van der Waals surface area contributed by atoms with Gasteiger partial charge >= 0.3 is 5.97 Å². The number of hydrogen-bond donors (Lipinski definition) is 2. The molecular formula is C20H23N3O4. The van der Waals surface area contributed by atoms with E-state index in [4.69, 9.17) is 5.11 Å². The van der Waals surface area contributed by atoms with E-state index in [0.29, 0.717) is 5.69 Å². The van der Waals surface area contributed by atoms with Crippen LogP contribution in [0.15, 0.2) is 24.3 Å². The predicted octanol–water partition coefficient (Wildman–Crippen LogP) is 1.72. The summed E-state index contributed by atoms with van der Waals surface area (Å²) in [7, 11) is 0. The molecule has 1 aliphatic carbocycles. The summed E-state index contributed by atoms with van der Waals surface area (Å²) < 4.78 is 1.89. The molecule has 0 bridgehead atoms. The summed E-state index contributed by atoms with van der Waals surface area (Å²) in [6.45, 7) is 2.46. The zero-order valence-electron chi connectivity index (χ0n) is 15.3. The second-order valence-electron chi connectivity index (χ2n) is 7.45. The summed E-state index contributed by atoms with van der Waals surface area (Å²) in [5, 5.41) is 23.9. The van der Waals surface area contributed by atoms with Gasteiger partial charge in [0.2, 0.25) is 0 Å². The maximum Gasteiger partial charge on any atom is 0.335 e. The molecule has 0 spiro atoms. The predicted molar refractivity (Wildman–Crippen MR) is 98.0 cm³/mol. The Labute approximate surface area is 157 Å². The smallest absolute Gasteiger partial charge is 0.335 e. The number of carboxylic acid groups (broad SMARTS) is 1. The van der Waals surface area contributed by atoms with E-state index in [0.717, 1.165) is 41.8 Å². The van der Waals surface area contributed by atoms with Gasteiger partial charge in [-0.05, 0) is 37.8 Å². The van der Waals surface area contributed by atoms with Crippen LogP contribution in [0.1, 0.15) is 46.6 Å². The van der Waals surface area contributed by atoms with Gasteiger partial charge in [0.1, 0.15) is 0 Å². The number of aliphatic hydroxyl groups is 1. The van der Waals surface area contributed by atoms with E-state index in [1.165, 1.54) is 0 Å². The molecular weight excluding hydrogens is 346 g/mol. The molecule has 0 radical (unpaired) electrons. The van der Waals surface area contributed by atoms with Crippen molar-refractivity contribution in [1.82, 2.24) is 14.7 Å². The Morgan fingerprint density at radius 2 is 1.85 bits per heavy atom. The van der Waals surface area contributed by atoms with Gasteiger partial charge in [0.05, 0.1) is 5.69 Å².